The smallest absolute Gasteiger partial charge is 0.136 e. The van der Waals surface area contributed by atoms with E-state index in [1.807, 2.05) is 6.07 Å². The molecule has 0 bridgehead atoms. The molecule has 1 unspecified atom stereocenters. The fraction of sp³-hybridized carbons (Fsp3) is 0.273. The molecule has 0 aliphatic rings. The summed E-state index contributed by atoms with van der Waals surface area (Å²) < 4.78 is 5.01. The number of nitriles is 2. The van der Waals surface area contributed by atoms with E-state index in [4.69, 9.17) is 15.3 Å². The third-order valence-corrected chi connectivity index (χ3v) is 2.10. The van der Waals surface area contributed by atoms with Crippen LogP contribution < -0.4 is 10.1 Å². The molecule has 15 heavy (non-hydrogen) atoms. The van der Waals surface area contributed by atoms with Gasteiger partial charge in [0.2, 0.25) is 0 Å². The van der Waals surface area contributed by atoms with Gasteiger partial charge in [0.15, 0.2) is 0 Å². The molecule has 1 rings (SSSR count). The largest absolute Gasteiger partial charge is 0.495 e. The van der Waals surface area contributed by atoms with Crippen LogP contribution in [-0.4, -0.2) is 14.2 Å². The fourth-order valence-corrected chi connectivity index (χ4v) is 1.30. The first-order chi connectivity index (χ1) is 7.26. The summed E-state index contributed by atoms with van der Waals surface area (Å²) in [4.78, 5) is 0. The first-order valence-electron chi connectivity index (χ1n) is 4.41. The number of benzene rings is 1. The van der Waals surface area contributed by atoms with Crippen LogP contribution in [0.15, 0.2) is 18.2 Å². The Morgan fingerprint density at radius 1 is 1.40 bits per heavy atom. The second-order valence-electron chi connectivity index (χ2n) is 2.92. The summed E-state index contributed by atoms with van der Waals surface area (Å²) in [6.07, 6.45) is 0. The molecule has 4 nitrogen and oxygen atoms in total. The van der Waals surface area contributed by atoms with Crippen molar-refractivity contribution < 1.29 is 4.74 Å². The molecule has 0 amide bonds. The molecule has 1 N–H and O–H groups in total. The van der Waals surface area contributed by atoms with E-state index in [-0.39, 0.29) is 0 Å². The Morgan fingerprint density at radius 2 is 2.13 bits per heavy atom. The van der Waals surface area contributed by atoms with Gasteiger partial charge in [-0.1, -0.05) is 6.07 Å². The van der Waals surface area contributed by atoms with Crippen LogP contribution in [0.1, 0.15) is 17.2 Å². The van der Waals surface area contributed by atoms with E-state index >= 15 is 0 Å². The molecule has 0 heterocycles. The molecule has 1 aromatic carbocycles. The Labute approximate surface area is 88.7 Å². The summed E-state index contributed by atoms with van der Waals surface area (Å²) in [5.41, 5.74) is 1.20. The highest BCUT2D eigenvalue weighted by molar-refractivity contribution is 5.46. The van der Waals surface area contributed by atoms with Crippen molar-refractivity contribution in [3.05, 3.63) is 29.3 Å². The summed E-state index contributed by atoms with van der Waals surface area (Å²) >= 11 is 0. The third-order valence-electron chi connectivity index (χ3n) is 2.10. The van der Waals surface area contributed by atoms with Gasteiger partial charge in [-0.25, -0.2) is 0 Å². The first kappa shape index (κ1) is 11.0. The third kappa shape index (κ3) is 2.25. The predicted octanol–water partition coefficient (Wildman–Crippen LogP) is 1.35. The van der Waals surface area contributed by atoms with Gasteiger partial charge < -0.3 is 10.1 Å². The van der Waals surface area contributed by atoms with E-state index in [2.05, 4.69) is 11.4 Å². The lowest BCUT2D eigenvalue weighted by molar-refractivity contribution is 0.413. The van der Waals surface area contributed by atoms with Crippen LogP contribution in [-0.2, 0) is 0 Å². The molecule has 0 spiro atoms. The number of methoxy groups -OCH3 is 1. The zero-order valence-corrected chi connectivity index (χ0v) is 8.61. The molecule has 1 atom stereocenters. The zero-order chi connectivity index (χ0) is 11.3. The fourth-order valence-electron chi connectivity index (χ4n) is 1.30. The van der Waals surface area contributed by atoms with E-state index in [0.717, 1.165) is 5.56 Å². The molecule has 0 saturated heterocycles. The maximum absolute atomic E-state index is 8.87. The number of hydrogen-bond donors (Lipinski definition) is 1. The van der Waals surface area contributed by atoms with Crippen molar-refractivity contribution in [2.24, 2.45) is 0 Å². The maximum atomic E-state index is 8.87. The molecule has 76 valence electrons. The Morgan fingerprint density at radius 3 is 2.60 bits per heavy atom. The van der Waals surface area contributed by atoms with Gasteiger partial charge in [-0.3, -0.25) is 0 Å². The average molecular weight is 201 g/mol. The minimum absolute atomic E-state index is 0.400. The number of rotatable bonds is 3. The van der Waals surface area contributed by atoms with Gasteiger partial charge in [0.05, 0.1) is 18.7 Å². The molecular weight excluding hydrogens is 190 g/mol. The van der Waals surface area contributed by atoms with E-state index < -0.39 is 6.04 Å². The van der Waals surface area contributed by atoms with Crippen molar-refractivity contribution in [1.82, 2.24) is 5.32 Å². The number of ether oxygens (including phenoxy) is 1. The van der Waals surface area contributed by atoms with Crippen molar-refractivity contribution in [2.75, 3.05) is 14.2 Å². The van der Waals surface area contributed by atoms with Crippen LogP contribution in [0.2, 0.25) is 0 Å². The maximum Gasteiger partial charge on any atom is 0.136 e. The van der Waals surface area contributed by atoms with Crippen LogP contribution in [0.3, 0.4) is 0 Å². The van der Waals surface area contributed by atoms with Crippen molar-refractivity contribution in [2.45, 2.75) is 6.04 Å². The highest BCUT2D eigenvalue weighted by Crippen LogP contribution is 2.22. The van der Waals surface area contributed by atoms with Gasteiger partial charge in [-0.15, -0.1) is 0 Å². The summed E-state index contributed by atoms with van der Waals surface area (Å²) in [5, 5.41) is 20.6. The minimum atomic E-state index is -0.400. The highest BCUT2D eigenvalue weighted by atomic mass is 16.5. The van der Waals surface area contributed by atoms with Crippen LogP contribution in [0, 0.1) is 22.7 Å². The molecule has 0 aromatic heterocycles. The number of hydrogen-bond acceptors (Lipinski definition) is 4. The standard InChI is InChI=1S/C11H11N3O/c1-14-10(7-13)8-3-4-11(15-2)9(5-8)6-12/h3-5,10,14H,1-2H3. The first-order valence-corrected chi connectivity index (χ1v) is 4.41. The van der Waals surface area contributed by atoms with Crippen molar-refractivity contribution in [3.8, 4) is 17.9 Å². The molecule has 0 aliphatic heterocycles. The van der Waals surface area contributed by atoms with E-state index in [1.54, 1.807) is 25.2 Å². The molecule has 0 saturated carbocycles. The van der Waals surface area contributed by atoms with E-state index in [9.17, 15) is 0 Å². The van der Waals surface area contributed by atoms with Gasteiger partial charge in [-0.2, -0.15) is 10.5 Å². The quantitative estimate of drug-likeness (QED) is 0.801. The topological polar surface area (TPSA) is 68.8 Å². The molecule has 4 heteroatoms. The Hall–Kier alpha value is -2.04. The van der Waals surface area contributed by atoms with Crippen LogP contribution in [0.5, 0.6) is 5.75 Å². The molecular formula is C11H11N3O. The van der Waals surface area contributed by atoms with E-state index in [0.29, 0.717) is 11.3 Å². The molecule has 0 aliphatic carbocycles. The summed E-state index contributed by atoms with van der Waals surface area (Å²) in [6, 6.07) is 8.84. The monoisotopic (exact) mass is 201 g/mol. The van der Waals surface area contributed by atoms with Crippen molar-refractivity contribution >= 4 is 0 Å². The molecule has 0 fully saturated rings. The lowest BCUT2D eigenvalue weighted by Crippen LogP contribution is -2.14. The Bertz CT molecular complexity index is 428. The number of nitrogens with zero attached hydrogens (tertiary/aromatic N) is 2. The van der Waals surface area contributed by atoms with Crippen molar-refractivity contribution in [1.29, 1.82) is 10.5 Å². The van der Waals surface area contributed by atoms with Crippen LogP contribution >= 0.6 is 0 Å². The summed E-state index contributed by atoms with van der Waals surface area (Å²) in [7, 11) is 3.21. The van der Waals surface area contributed by atoms with Gasteiger partial charge >= 0.3 is 0 Å². The summed E-state index contributed by atoms with van der Waals surface area (Å²) in [5.74, 6) is 0.522. The van der Waals surface area contributed by atoms with Crippen LogP contribution in [0.25, 0.3) is 0 Å². The SMILES string of the molecule is CNC(C#N)c1ccc(OC)c(C#N)c1. The predicted molar refractivity (Wildman–Crippen MR) is 55.1 cm³/mol. The Balaban J connectivity index is 3.15. The van der Waals surface area contributed by atoms with Gasteiger partial charge in [0.1, 0.15) is 17.9 Å². The zero-order valence-electron chi connectivity index (χ0n) is 8.61. The lowest BCUT2D eigenvalue weighted by atomic mass is 10.0. The normalized spacial score (nSPS) is 11.2. The minimum Gasteiger partial charge on any atom is -0.495 e. The Kier molecular flexibility index (Phi) is 3.68. The lowest BCUT2D eigenvalue weighted by Gasteiger charge is -2.09. The second-order valence-corrected chi connectivity index (χ2v) is 2.92. The number of nitrogens with one attached hydrogen (secondary N) is 1. The average Bonchev–Trinajstić information content (AvgIpc) is 2.30. The highest BCUT2D eigenvalue weighted by Gasteiger charge is 2.10. The van der Waals surface area contributed by atoms with Gasteiger partial charge in [0, 0.05) is 0 Å². The summed E-state index contributed by atoms with van der Waals surface area (Å²) in [6.45, 7) is 0. The van der Waals surface area contributed by atoms with E-state index in [1.165, 1.54) is 7.11 Å². The van der Waals surface area contributed by atoms with Gasteiger partial charge in [0.25, 0.3) is 0 Å². The second kappa shape index (κ2) is 4.99. The van der Waals surface area contributed by atoms with Crippen molar-refractivity contribution in [3.63, 3.8) is 0 Å². The van der Waals surface area contributed by atoms with Gasteiger partial charge in [-0.05, 0) is 24.7 Å². The molecule has 0 radical (unpaired) electrons. The van der Waals surface area contributed by atoms with Crippen LogP contribution in [0.4, 0.5) is 0 Å². The molecule has 1 aromatic rings.